The van der Waals surface area contributed by atoms with Gasteiger partial charge in [-0.3, -0.25) is 14.4 Å². The molecule has 0 aliphatic carbocycles. The summed E-state index contributed by atoms with van der Waals surface area (Å²) >= 11 is 0. The van der Waals surface area contributed by atoms with Crippen LogP contribution in [0.3, 0.4) is 0 Å². The molecule has 1 rings (SSSR count). The van der Waals surface area contributed by atoms with Gasteiger partial charge in [0.1, 0.15) is 0 Å². The van der Waals surface area contributed by atoms with Gasteiger partial charge in [-0.1, -0.05) is 32.9 Å². The van der Waals surface area contributed by atoms with Gasteiger partial charge in [0.2, 0.25) is 5.91 Å². The Hall–Kier alpha value is -2.17. The number of carbonyl (C=O) groups excluding carboxylic acids is 2. The highest BCUT2D eigenvalue weighted by Crippen LogP contribution is 2.20. The quantitative estimate of drug-likeness (QED) is 0.817. The van der Waals surface area contributed by atoms with Crippen molar-refractivity contribution in [3.8, 4) is 0 Å². The van der Waals surface area contributed by atoms with Crippen LogP contribution in [0.25, 0.3) is 0 Å². The van der Waals surface area contributed by atoms with Crippen LogP contribution in [0, 0.1) is 11.8 Å². The molecule has 0 heterocycles. The van der Waals surface area contributed by atoms with Crippen molar-refractivity contribution >= 4 is 23.3 Å². The van der Waals surface area contributed by atoms with Crippen LogP contribution in [-0.4, -0.2) is 29.3 Å². The summed E-state index contributed by atoms with van der Waals surface area (Å²) in [6, 6.07) is 6.70. The Bertz CT molecular complexity index is 551. The molecule has 21 heavy (non-hydrogen) atoms. The number of carbonyl (C=O) groups is 3. The first-order chi connectivity index (χ1) is 9.73. The Labute approximate surface area is 124 Å². The number of rotatable bonds is 6. The molecular formula is C16H21NO4. The van der Waals surface area contributed by atoms with E-state index in [0.29, 0.717) is 11.3 Å². The molecule has 0 saturated carbocycles. The molecule has 1 atom stereocenters. The monoisotopic (exact) mass is 291 g/mol. The molecule has 0 aliphatic heterocycles. The lowest BCUT2D eigenvalue weighted by atomic mass is 10.1. The second-order valence-electron chi connectivity index (χ2n) is 5.45. The van der Waals surface area contributed by atoms with Crippen LogP contribution in [0.15, 0.2) is 24.3 Å². The maximum absolute atomic E-state index is 12.3. The molecule has 0 aromatic heterocycles. The van der Waals surface area contributed by atoms with E-state index in [1.54, 1.807) is 45.0 Å². The number of ketones is 1. The van der Waals surface area contributed by atoms with Crippen molar-refractivity contribution in [3.63, 3.8) is 0 Å². The van der Waals surface area contributed by atoms with Crippen molar-refractivity contribution in [1.29, 1.82) is 0 Å². The first-order valence-corrected chi connectivity index (χ1v) is 6.89. The summed E-state index contributed by atoms with van der Waals surface area (Å²) in [5.41, 5.74) is 1.05. The molecule has 1 N–H and O–H groups in total. The minimum absolute atomic E-state index is 0.0771. The fourth-order valence-electron chi connectivity index (χ4n) is 1.88. The first-order valence-electron chi connectivity index (χ1n) is 6.89. The fourth-order valence-corrected chi connectivity index (χ4v) is 1.88. The summed E-state index contributed by atoms with van der Waals surface area (Å²) in [6.45, 7) is 6.60. The smallest absolute Gasteiger partial charge is 0.308 e. The van der Waals surface area contributed by atoms with E-state index in [1.807, 2.05) is 0 Å². The Morgan fingerprint density at radius 1 is 1.19 bits per heavy atom. The Balaban J connectivity index is 3.17. The average Bonchev–Trinajstić information content (AvgIpc) is 2.43. The van der Waals surface area contributed by atoms with Crippen molar-refractivity contribution in [3.05, 3.63) is 29.8 Å². The van der Waals surface area contributed by atoms with E-state index in [-0.39, 0.29) is 24.2 Å². The summed E-state index contributed by atoms with van der Waals surface area (Å²) in [5.74, 6) is -2.16. The van der Waals surface area contributed by atoms with Gasteiger partial charge in [0, 0.05) is 23.7 Å². The molecule has 1 amide bonds. The average molecular weight is 291 g/mol. The van der Waals surface area contributed by atoms with E-state index in [9.17, 15) is 14.4 Å². The standard InChI is InChI=1S/C16H21NO4/c1-10(2)15(19)17(9-11(3)16(20)21)14-7-5-6-13(8-14)12(4)18/h5-8,10-11H,9H2,1-4H3,(H,20,21). The number of anilines is 1. The Kier molecular flexibility index (Phi) is 5.64. The first kappa shape index (κ1) is 16.9. The third kappa shape index (κ3) is 4.41. The molecule has 5 heteroatoms. The van der Waals surface area contributed by atoms with Gasteiger partial charge >= 0.3 is 5.97 Å². The fraction of sp³-hybridized carbons (Fsp3) is 0.438. The SMILES string of the molecule is CC(=O)c1cccc(N(CC(C)C(=O)O)C(=O)C(C)C)c1. The van der Waals surface area contributed by atoms with Crippen LogP contribution in [0.2, 0.25) is 0 Å². The molecule has 0 saturated heterocycles. The molecule has 0 radical (unpaired) electrons. The molecule has 0 bridgehead atoms. The van der Waals surface area contributed by atoms with Crippen LogP contribution in [0.1, 0.15) is 38.1 Å². The maximum atomic E-state index is 12.3. The van der Waals surface area contributed by atoms with Crippen LogP contribution < -0.4 is 4.90 Å². The van der Waals surface area contributed by atoms with Gasteiger partial charge in [-0.2, -0.15) is 0 Å². The van der Waals surface area contributed by atoms with E-state index >= 15 is 0 Å². The van der Waals surface area contributed by atoms with Gasteiger partial charge in [-0.25, -0.2) is 0 Å². The highest BCUT2D eigenvalue weighted by atomic mass is 16.4. The van der Waals surface area contributed by atoms with Gasteiger partial charge in [0.05, 0.1) is 5.92 Å². The van der Waals surface area contributed by atoms with Gasteiger partial charge in [0.25, 0.3) is 0 Å². The van der Waals surface area contributed by atoms with Gasteiger partial charge in [-0.15, -0.1) is 0 Å². The summed E-state index contributed by atoms with van der Waals surface area (Å²) in [6.07, 6.45) is 0. The topological polar surface area (TPSA) is 74.7 Å². The number of hydrogen-bond acceptors (Lipinski definition) is 3. The van der Waals surface area contributed by atoms with Crippen LogP contribution >= 0.6 is 0 Å². The third-order valence-electron chi connectivity index (χ3n) is 3.20. The third-order valence-corrected chi connectivity index (χ3v) is 3.20. The zero-order chi connectivity index (χ0) is 16.2. The number of nitrogens with zero attached hydrogens (tertiary/aromatic N) is 1. The lowest BCUT2D eigenvalue weighted by Gasteiger charge is -2.26. The molecule has 1 unspecified atom stereocenters. The zero-order valence-corrected chi connectivity index (χ0v) is 12.8. The molecule has 1 aromatic carbocycles. The van der Waals surface area contributed by atoms with Gasteiger partial charge < -0.3 is 10.0 Å². The van der Waals surface area contributed by atoms with E-state index in [0.717, 1.165) is 0 Å². The largest absolute Gasteiger partial charge is 0.481 e. The molecule has 0 aliphatic rings. The second kappa shape index (κ2) is 7.02. The highest BCUT2D eigenvalue weighted by Gasteiger charge is 2.24. The lowest BCUT2D eigenvalue weighted by Crippen LogP contribution is -2.39. The summed E-state index contributed by atoms with van der Waals surface area (Å²) in [7, 11) is 0. The van der Waals surface area contributed by atoms with Gasteiger partial charge in [0.15, 0.2) is 5.78 Å². The van der Waals surface area contributed by atoms with Crippen molar-refractivity contribution in [2.45, 2.75) is 27.7 Å². The molecular weight excluding hydrogens is 270 g/mol. The predicted molar refractivity (Wildman–Crippen MR) is 80.4 cm³/mol. The molecule has 1 aromatic rings. The highest BCUT2D eigenvalue weighted by molar-refractivity contribution is 5.98. The number of Topliss-reactive ketones (excluding diaryl/α,β-unsaturated/α-hetero) is 1. The van der Waals surface area contributed by atoms with Crippen molar-refractivity contribution in [1.82, 2.24) is 0 Å². The Morgan fingerprint density at radius 2 is 1.81 bits per heavy atom. The van der Waals surface area contributed by atoms with Crippen LogP contribution in [0.5, 0.6) is 0 Å². The van der Waals surface area contributed by atoms with E-state index < -0.39 is 11.9 Å². The Morgan fingerprint density at radius 3 is 2.29 bits per heavy atom. The summed E-state index contributed by atoms with van der Waals surface area (Å²) in [5, 5.41) is 9.05. The molecule has 114 valence electrons. The normalized spacial score (nSPS) is 12.0. The minimum atomic E-state index is -0.959. The number of hydrogen-bond donors (Lipinski definition) is 1. The summed E-state index contributed by atoms with van der Waals surface area (Å²) in [4.78, 5) is 36.3. The lowest BCUT2D eigenvalue weighted by molar-refractivity contribution is -0.140. The summed E-state index contributed by atoms with van der Waals surface area (Å²) < 4.78 is 0. The number of aliphatic carboxylic acids is 1. The van der Waals surface area contributed by atoms with Crippen LogP contribution in [0.4, 0.5) is 5.69 Å². The number of carboxylic acids is 1. The van der Waals surface area contributed by atoms with E-state index in [1.165, 1.54) is 11.8 Å². The molecule has 0 spiro atoms. The number of benzene rings is 1. The molecule has 0 fully saturated rings. The van der Waals surface area contributed by atoms with Crippen molar-refractivity contribution in [2.75, 3.05) is 11.4 Å². The van der Waals surface area contributed by atoms with Gasteiger partial charge in [-0.05, 0) is 19.1 Å². The van der Waals surface area contributed by atoms with Crippen molar-refractivity contribution in [2.24, 2.45) is 11.8 Å². The van der Waals surface area contributed by atoms with E-state index in [2.05, 4.69) is 0 Å². The van der Waals surface area contributed by atoms with Crippen molar-refractivity contribution < 1.29 is 19.5 Å². The van der Waals surface area contributed by atoms with Crippen LogP contribution in [-0.2, 0) is 9.59 Å². The predicted octanol–water partition coefficient (Wildman–Crippen LogP) is 2.60. The number of carboxylic acid groups (broad SMARTS) is 1. The molecule has 5 nitrogen and oxygen atoms in total. The van der Waals surface area contributed by atoms with E-state index in [4.69, 9.17) is 5.11 Å². The minimum Gasteiger partial charge on any atom is -0.481 e. The maximum Gasteiger partial charge on any atom is 0.308 e. The number of amides is 1. The second-order valence-corrected chi connectivity index (χ2v) is 5.45. The zero-order valence-electron chi connectivity index (χ0n) is 12.8.